The second-order valence-corrected chi connectivity index (χ2v) is 6.43. The van der Waals surface area contributed by atoms with E-state index in [1.165, 1.54) is 24.5 Å². The van der Waals surface area contributed by atoms with Crippen LogP contribution >= 0.6 is 11.3 Å². The van der Waals surface area contributed by atoms with Gasteiger partial charge in [0.25, 0.3) is 0 Å². The maximum absolute atomic E-state index is 14.2. The van der Waals surface area contributed by atoms with E-state index >= 15 is 0 Å². The molecule has 34 heavy (non-hydrogen) atoms. The Morgan fingerprint density at radius 3 is 2.41 bits per heavy atom. The van der Waals surface area contributed by atoms with Crippen LogP contribution in [0.5, 0.6) is 0 Å². The van der Waals surface area contributed by atoms with Gasteiger partial charge < -0.3 is 28.8 Å². The Balaban J connectivity index is 0. The summed E-state index contributed by atoms with van der Waals surface area (Å²) in [5.41, 5.74) is 1.15. The van der Waals surface area contributed by atoms with Gasteiger partial charge >= 0.3 is 59.1 Å². The third-order valence-corrected chi connectivity index (χ3v) is 4.66. The zero-order valence-corrected chi connectivity index (χ0v) is 24.6. The average molecular weight is 510 g/mol. The molecule has 0 radical (unpaired) electrons. The molecule has 0 saturated carbocycles. The number of carbonyl (C=O) groups excluding carboxylic acids is 2. The van der Waals surface area contributed by atoms with Gasteiger partial charge in [-0.2, -0.15) is 19.2 Å². The summed E-state index contributed by atoms with van der Waals surface area (Å²) in [7, 11) is 3.01. The van der Waals surface area contributed by atoms with E-state index in [2.05, 4.69) is 15.1 Å². The minimum absolute atomic E-state index is 0. The van der Waals surface area contributed by atoms with Crippen molar-refractivity contribution in [3.63, 3.8) is 0 Å². The largest absolute Gasteiger partial charge is 1.00 e. The fourth-order valence-electron chi connectivity index (χ4n) is 2.74. The van der Waals surface area contributed by atoms with Crippen LogP contribution in [0.25, 0.3) is 22.4 Å². The third kappa shape index (κ3) is 8.12. The predicted octanol–water partition coefficient (Wildman–Crippen LogP) is -4.79. The zero-order valence-electron chi connectivity index (χ0n) is 19.8. The molecule has 4 rings (SSSR count). The summed E-state index contributed by atoms with van der Waals surface area (Å²) in [5.74, 6) is 0.0252. The quantitative estimate of drug-likeness (QED) is 0.191. The Hall–Kier alpha value is -1.32. The molecule has 3 heterocycles. The first-order chi connectivity index (χ1) is 15.6. The SMILES string of the molecule is C=O.COCn1cc(C(=O)c2nc(-c3noc(C)n3)cs2)c2cccc(F)c21.C[O-].C[O-].[Na+].[Na+]. The van der Waals surface area contributed by atoms with Gasteiger partial charge in [-0.3, -0.25) is 4.79 Å². The minimum atomic E-state index is -0.416. The number of thiazole rings is 1. The smallest absolute Gasteiger partial charge is 0.857 e. The van der Waals surface area contributed by atoms with Crippen molar-refractivity contribution in [3.8, 4) is 11.5 Å². The summed E-state index contributed by atoms with van der Waals surface area (Å²) >= 11 is 1.18. The fourth-order valence-corrected chi connectivity index (χ4v) is 3.49. The first kappa shape index (κ1) is 34.8. The Morgan fingerprint density at radius 1 is 1.21 bits per heavy atom. The molecule has 14 heteroatoms. The number of aromatic nitrogens is 4. The molecule has 0 aliphatic carbocycles. The molecular weight excluding hydrogens is 489 g/mol. The number of hydrogen-bond acceptors (Lipinski definition) is 10. The summed E-state index contributed by atoms with van der Waals surface area (Å²) < 4.78 is 25.8. The fraction of sp³-hybridized carbons (Fsp3) is 0.250. The molecule has 0 unspecified atom stereocenters. The van der Waals surface area contributed by atoms with E-state index in [0.29, 0.717) is 33.9 Å². The van der Waals surface area contributed by atoms with Crippen LogP contribution in [0.15, 0.2) is 34.3 Å². The Bertz CT molecular complexity index is 1150. The normalized spacial score (nSPS) is 9.15. The van der Waals surface area contributed by atoms with Crippen molar-refractivity contribution in [1.29, 1.82) is 0 Å². The minimum Gasteiger partial charge on any atom is -0.857 e. The molecule has 1 aromatic carbocycles. The van der Waals surface area contributed by atoms with E-state index in [9.17, 15) is 9.18 Å². The van der Waals surface area contributed by atoms with E-state index in [-0.39, 0.29) is 76.6 Å². The third-order valence-electron chi connectivity index (χ3n) is 3.82. The predicted molar refractivity (Wildman–Crippen MR) is 111 cm³/mol. The van der Waals surface area contributed by atoms with E-state index in [1.54, 1.807) is 35.2 Å². The van der Waals surface area contributed by atoms with Crippen molar-refractivity contribution in [3.05, 3.63) is 52.1 Å². The molecule has 0 amide bonds. The molecule has 0 atom stereocenters. The summed E-state index contributed by atoms with van der Waals surface area (Å²) in [6.07, 6.45) is 1.58. The van der Waals surface area contributed by atoms with Crippen molar-refractivity contribution >= 4 is 34.8 Å². The van der Waals surface area contributed by atoms with Crippen molar-refractivity contribution in [2.24, 2.45) is 0 Å². The number of ether oxygens (including phenoxy) is 1. The number of benzene rings is 1. The average Bonchev–Trinajstić information content (AvgIpc) is 3.57. The number of methoxy groups -OCH3 is 1. The topological polar surface area (TPSA) is 146 Å². The van der Waals surface area contributed by atoms with Crippen LogP contribution in [0.4, 0.5) is 4.39 Å². The van der Waals surface area contributed by atoms with Crippen molar-refractivity contribution < 1.29 is 92.6 Å². The van der Waals surface area contributed by atoms with Crippen molar-refractivity contribution in [1.82, 2.24) is 19.7 Å². The maximum Gasteiger partial charge on any atom is 1.00 e. The molecule has 0 aliphatic heterocycles. The maximum atomic E-state index is 14.2. The van der Waals surface area contributed by atoms with Crippen molar-refractivity contribution in [2.75, 3.05) is 21.3 Å². The molecule has 0 fully saturated rings. The van der Waals surface area contributed by atoms with Crippen LogP contribution in [0.3, 0.4) is 0 Å². The van der Waals surface area contributed by atoms with Crippen LogP contribution < -0.4 is 69.3 Å². The Labute approximate surface area is 243 Å². The van der Waals surface area contributed by atoms with Gasteiger partial charge in [0.05, 0.1) is 11.1 Å². The molecule has 0 bridgehead atoms. The van der Waals surface area contributed by atoms with Gasteiger partial charge in [0.2, 0.25) is 17.5 Å². The summed E-state index contributed by atoms with van der Waals surface area (Å²) in [6.45, 7) is 3.81. The van der Waals surface area contributed by atoms with E-state index in [0.717, 1.165) is 14.2 Å². The standard InChI is InChI=1S/C17H13FN4O3S.2CH3O.CH2O.2Na/c1-9-19-16(21-25-9)13-7-26-17(20-13)15(23)11-6-22(8-24-2)14-10(11)4-3-5-12(14)18;3*1-2;;/h3-7H,8H2,1-2H3;2*1H3;1H2;;/q;2*-1;;2*+1. The molecule has 0 N–H and O–H groups in total. The summed E-state index contributed by atoms with van der Waals surface area (Å²) in [6, 6.07) is 4.62. The number of para-hydroxylation sites is 1. The number of ketones is 1. The van der Waals surface area contributed by atoms with E-state index < -0.39 is 5.82 Å². The molecule has 0 aliphatic rings. The number of hydrogen-bond donors (Lipinski definition) is 0. The van der Waals surface area contributed by atoms with E-state index in [4.69, 9.17) is 24.3 Å². The molecule has 0 spiro atoms. The Kier molecular flexibility index (Phi) is 18.5. The van der Waals surface area contributed by atoms with Crippen LogP contribution in [-0.2, 0) is 16.3 Å². The van der Waals surface area contributed by atoms with Crippen LogP contribution in [0.1, 0.15) is 21.3 Å². The Morgan fingerprint density at radius 2 is 1.85 bits per heavy atom. The zero-order chi connectivity index (χ0) is 24.3. The number of aryl methyl sites for hydroxylation is 1. The number of carbonyl (C=O) groups is 2. The molecule has 10 nitrogen and oxygen atoms in total. The number of fused-ring (bicyclic) bond motifs is 1. The first-order valence-electron chi connectivity index (χ1n) is 8.76. The van der Waals surface area contributed by atoms with Crippen molar-refractivity contribution in [2.45, 2.75) is 13.7 Å². The molecule has 4 aromatic rings. The number of rotatable bonds is 5. The molecule has 172 valence electrons. The second kappa shape index (κ2) is 18.0. The van der Waals surface area contributed by atoms with Gasteiger partial charge in [0, 0.05) is 31.0 Å². The van der Waals surface area contributed by atoms with Crippen LogP contribution in [-0.4, -0.2) is 53.6 Å². The first-order valence-corrected chi connectivity index (χ1v) is 9.64. The molecule has 3 aromatic heterocycles. The summed E-state index contributed by atoms with van der Waals surface area (Å²) in [5, 5.41) is 22.8. The number of nitrogens with zero attached hydrogens (tertiary/aromatic N) is 4. The monoisotopic (exact) mass is 510 g/mol. The van der Waals surface area contributed by atoms with Crippen LogP contribution in [0, 0.1) is 12.7 Å². The second-order valence-electron chi connectivity index (χ2n) is 5.57. The van der Waals surface area contributed by atoms with E-state index in [1.807, 2.05) is 6.79 Å². The van der Waals surface area contributed by atoms with Gasteiger partial charge in [0.15, 0.2) is 5.01 Å². The van der Waals surface area contributed by atoms with Gasteiger partial charge in [-0.05, 0) is 6.07 Å². The van der Waals surface area contributed by atoms with Gasteiger partial charge in [-0.1, -0.05) is 17.3 Å². The van der Waals surface area contributed by atoms with Gasteiger partial charge in [-0.15, -0.1) is 11.3 Å². The van der Waals surface area contributed by atoms with Crippen LogP contribution in [0.2, 0.25) is 0 Å². The molecule has 0 saturated heterocycles. The number of halogens is 1. The van der Waals surface area contributed by atoms with Gasteiger partial charge in [-0.25, -0.2) is 9.37 Å². The summed E-state index contributed by atoms with van der Waals surface area (Å²) in [4.78, 5) is 29.4. The molecular formula is C20H21FN4Na2O6S. The van der Waals surface area contributed by atoms with Gasteiger partial charge in [0.1, 0.15) is 25.0 Å².